The van der Waals surface area contributed by atoms with Crippen LogP contribution in [0.4, 0.5) is 4.79 Å². The predicted octanol–water partition coefficient (Wildman–Crippen LogP) is 1.89. The highest BCUT2D eigenvalue weighted by Gasteiger charge is 2.52. The molecular formula is C16H15N3O3. The first-order valence-corrected chi connectivity index (χ1v) is 7.25. The molecule has 2 heterocycles. The summed E-state index contributed by atoms with van der Waals surface area (Å²) < 4.78 is 7.11. The van der Waals surface area contributed by atoms with E-state index in [4.69, 9.17) is 4.74 Å². The molecule has 112 valence electrons. The number of benzene rings is 1. The van der Waals surface area contributed by atoms with Gasteiger partial charge in [0.25, 0.3) is 5.91 Å². The second-order valence-electron chi connectivity index (χ2n) is 5.80. The van der Waals surface area contributed by atoms with Gasteiger partial charge in [-0.1, -0.05) is 18.2 Å². The largest absolute Gasteiger partial charge is 0.427 e. The van der Waals surface area contributed by atoms with Crippen LogP contribution in [0.15, 0.2) is 30.6 Å². The minimum absolute atomic E-state index is 0.354. The molecule has 6 heteroatoms. The Morgan fingerprint density at radius 3 is 2.86 bits per heavy atom. The maximum Gasteiger partial charge on any atom is 0.415 e. The van der Waals surface area contributed by atoms with Gasteiger partial charge in [0.1, 0.15) is 0 Å². The van der Waals surface area contributed by atoms with Crippen LogP contribution >= 0.6 is 0 Å². The van der Waals surface area contributed by atoms with Crippen molar-refractivity contribution in [2.45, 2.75) is 24.9 Å². The lowest BCUT2D eigenvalue weighted by Gasteiger charge is -2.31. The number of carbonyl (C=O) groups is 2. The first-order chi connectivity index (χ1) is 10.6. The lowest BCUT2D eigenvalue weighted by molar-refractivity contribution is -0.133. The van der Waals surface area contributed by atoms with E-state index in [1.165, 1.54) is 0 Å². The zero-order valence-electron chi connectivity index (χ0n) is 12.1. The van der Waals surface area contributed by atoms with E-state index < -0.39 is 11.7 Å². The Kier molecular flexibility index (Phi) is 2.63. The maximum absolute atomic E-state index is 12.2. The molecule has 2 aromatic rings. The fourth-order valence-corrected chi connectivity index (χ4v) is 3.37. The van der Waals surface area contributed by atoms with Crippen LogP contribution in [0.2, 0.25) is 0 Å². The van der Waals surface area contributed by atoms with Gasteiger partial charge in [-0.2, -0.15) is 5.10 Å². The third-order valence-electron chi connectivity index (χ3n) is 4.40. The highest BCUT2D eigenvalue weighted by atomic mass is 16.6. The number of aryl methyl sites for hydroxylation is 2. The fourth-order valence-electron chi connectivity index (χ4n) is 3.37. The van der Waals surface area contributed by atoms with Gasteiger partial charge in [-0.15, -0.1) is 0 Å². The lowest BCUT2D eigenvalue weighted by Crippen LogP contribution is -2.39. The summed E-state index contributed by atoms with van der Waals surface area (Å²) >= 11 is 0. The third-order valence-corrected chi connectivity index (χ3v) is 4.40. The Labute approximate surface area is 127 Å². The number of aromatic nitrogens is 2. The number of alkyl carbamates (subject to hydrolysis) is 1. The number of imide groups is 1. The van der Waals surface area contributed by atoms with Crippen molar-refractivity contribution in [3.63, 3.8) is 0 Å². The van der Waals surface area contributed by atoms with Crippen molar-refractivity contribution in [1.29, 1.82) is 0 Å². The van der Waals surface area contributed by atoms with Crippen molar-refractivity contribution in [2.24, 2.45) is 7.05 Å². The first-order valence-electron chi connectivity index (χ1n) is 7.25. The van der Waals surface area contributed by atoms with Gasteiger partial charge in [0.15, 0.2) is 0 Å². The van der Waals surface area contributed by atoms with Crippen LogP contribution in [0, 0.1) is 0 Å². The number of rotatable bonds is 1. The van der Waals surface area contributed by atoms with Gasteiger partial charge in [-0.25, -0.2) is 4.79 Å². The molecule has 1 N–H and O–H groups in total. The van der Waals surface area contributed by atoms with Crippen LogP contribution in [-0.4, -0.2) is 21.8 Å². The molecule has 1 fully saturated rings. The van der Waals surface area contributed by atoms with E-state index in [9.17, 15) is 9.59 Å². The van der Waals surface area contributed by atoms with E-state index in [1.807, 2.05) is 31.6 Å². The molecule has 0 bridgehead atoms. The molecule has 0 radical (unpaired) electrons. The fraction of sp³-hybridized carbons (Fsp3) is 0.312. The average molecular weight is 297 g/mol. The van der Waals surface area contributed by atoms with Crippen LogP contribution in [0.3, 0.4) is 0 Å². The van der Waals surface area contributed by atoms with Gasteiger partial charge in [0, 0.05) is 30.8 Å². The molecule has 1 spiro atoms. The number of fused-ring (bicyclic) bond motifs is 2. The molecule has 22 heavy (non-hydrogen) atoms. The highest BCUT2D eigenvalue weighted by molar-refractivity contribution is 6.03. The first kappa shape index (κ1) is 13.1. The summed E-state index contributed by atoms with van der Waals surface area (Å²) in [6, 6.07) is 5.91. The van der Waals surface area contributed by atoms with Crippen LogP contribution in [0.5, 0.6) is 0 Å². The number of nitrogens with one attached hydrogen (secondary N) is 1. The summed E-state index contributed by atoms with van der Waals surface area (Å²) in [4.78, 5) is 23.7. The SMILES string of the molecule is Cn1cc(-c2ccc3c(c2)CCCC32OC(=O)NC2=O)cn1. The second kappa shape index (κ2) is 4.43. The molecule has 1 aliphatic carbocycles. The minimum atomic E-state index is -1.14. The van der Waals surface area contributed by atoms with Crippen molar-refractivity contribution >= 4 is 12.0 Å². The Bertz CT molecular complexity index is 796. The average Bonchev–Trinajstić information content (AvgIpc) is 3.04. The molecule has 1 atom stereocenters. The lowest BCUT2D eigenvalue weighted by atomic mass is 9.78. The van der Waals surface area contributed by atoms with Gasteiger partial charge in [0.05, 0.1) is 6.20 Å². The Morgan fingerprint density at radius 1 is 1.32 bits per heavy atom. The number of hydrogen-bond donors (Lipinski definition) is 1. The van der Waals surface area contributed by atoms with Crippen molar-refractivity contribution < 1.29 is 14.3 Å². The van der Waals surface area contributed by atoms with Crippen molar-refractivity contribution in [3.05, 3.63) is 41.7 Å². The van der Waals surface area contributed by atoms with Gasteiger partial charge in [-0.05, 0) is 24.0 Å². The predicted molar refractivity (Wildman–Crippen MR) is 77.9 cm³/mol. The summed E-state index contributed by atoms with van der Waals surface area (Å²) in [7, 11) is 1.87. The molecule has 6 nitrogen and oxygen atoms in total. The highest BCUT2D eigenvalue weighted by Crippen LogP contribution is 2.42. The zero-order valence-corrected chi connectivity index (χ0v) is 12.1. The van der Waals surface area contributed by atoms with E-state index in [1.54, 1.807) is 4.68 Å². The Hall–Kier alpha value is -2.63. The summed E-state index contributed by atoms with van der Waals surface area (Å²) in [6.45, 7) is 0. The van der Waals surface area contributed by atoms with Crippen LogP contribution in [0.25, 0.3) is 11.1 Å². The van der Waals surface area contributed by atoms with E-state index in [2.05, 4.69) is 16.5 Å². The van der Waals surface area contributed by atoms with Crippen LogP contribution in [-0.2, 0) is 28.6 Å². The van der Waals surface area contributed by atoms with Gasteiger partial charge >= 0.3 is 6.09 Å². The summed E-state index contributed by atoms with van der Waals surface area (Å²) in [5, 5.41) is 6.44. The van der Waals surface area contributed by atoms with E-state index in [0.717, 1.165) is 35.1 Å². The molecule has 1 aromatic heterocycles. The van der Waals surface area contributed by atoms with Crippen LogP contribution in [0.1, 0.15) is 24.0 Å². The van der Waals surface area contributed by atoms with Crippen molar-refractivity contribution in [1.82, 2.24) is 15.1 Å². The molecule has 2 amide bonds. The standard InChI is InChI=1S/C16H15N3O3/c1-19-9-12(8-17-19)10-4-5-13-11(7-10)3-2-6-16(13)14(20)18-15(21)22-16/h4-5,7-9H,2-3,6H2,1H3,(H,18,20,21). The van der Waals surface area contributed by atoms with E-state index in [-0.39, 0.29) is 5.91 Å². The van der Waals surface area contributed by atoms with E-state index >= 15 is 0 Å². The summed E-state index contributed by atoms with van der Waals surface area (Å²) in [6.07, 6.45) is 5.31. The van der Waals surface area contributed by atoms with Crippen LogP contribution < -0.4 is 5.32 Å². The molecule has 1 saturated heterocycles. The molecule has 1 unspecified atom stereocenters. The zero-order chi connectivity index (χ0) is 15.3. The molecule has 1 aliphatic heterocycles. The summed E-state index contributed by atoms with van der Waals surface area (Å²) in [5.41, 5.74) is 2.79. The third kappa shape index (κ3) is 1.76. The van der Waals surface area contributed by atoms with Gasteiger partial charge in [0.2, 0.25) is 5.60 Å². The quantitative estimate of drug-likeness (QED) is 0.872. The Morgan fingerprint density at radius 2 is 2.18 bits per heavy atom. The van der Waals surface area contributed by atoms with Crippen molar-refractivity contribution in [3.8, 4) is 11.1 Å². The molecule has 0 saturated carbocycles. The maximum atomic E-state index is 12.2. The number of ether oxygens (including phenoxy) is 1. The molecule has 2 aliphatic rings. The second-order valence-corrected chi connectivity index (χ2v) is 5.80. The molecular weight excluding hydrogens is 282 g/mol. The van der Waals surface area contributed by atoms with Gasteiger partial charge < -0.3 is 4.74 Å². The number of nitrogens with zero attached hydrogens (tertiary/aromatic N) is 2. The molecule has 4 rings (SSSR count). The number of carbonyl (C=O) groups excluding carboxylic acids is 2. The normalized spacial score (nSPS) is 23.3. The Balaban J connectivity index is 1.81. The smallest absolute Gasteiger partial charge is 0.415 e. The minimum Gasteiger partial charge on any atom is -0.427 e. The summed E-state index contributed by atoms with van der Waals surface area (Å²) in [5.74, 6) is -0.354. The monoisotopic (exact) mass is 297 g/mol. The van der Waals surface area contributed by atoms with Crippen molar-refractivity contribution in [2.75, 3.05) is 0 Å². The number of amides is 2. The number of hydrogen-bond acceptors (Lipinski definition) is 4. The topological polar surface area (TPSA) is 73.2 Å². The van der Waals surface area contributed by atoms with E-state index in [0.29, 0.717) is 6.42 Å². The molecule has 1 aromatic carbocycles. The van der Waals surface area contributed by atoms with Gasteiger partial charge in [-0.3, -0.25) is 14.8 Å².